The van der Waals surface area contributed by atoms with Crippen molar-refractivity contribution in [3.05, 3.63) is 35.4 Å². The van der Waals surface area contributed by atoms with E-state index in [0.29, 0.717) is 12.1 Å². The Balaban J connectivity index is 1.93. The molecule has 1 fully saturated rings. The highest BCUT2D eigenvalue weighted by molar-refractivity contribution is 5.89. The van der Waals surface area contributed by atoms with E-state index in [4.69, 9.17) is 10.5 Å². The normalized spacial score (nSPS) is 16.1. The van der Waals surface area contributed by atoms with Crippen LogP contribution < -0.4 is 5.73 Å². The second-order valence-electron chi connectivity index (χ2n) is 4.55. The molecule has 0 aromatic heterocycles. The van der Waals surface area contributed by atoms with E-state index in [-0.39, 0.29) is 12.1 Å². The topological polar surface area (TPSA) is 52.3 Å². The van der Waals surface area contributed by atoms with Gasteiger partial charge in [-0.1, -0.05) is 12.1 Å². The van der Waals surface area contributed by atoms with E-state index in [1.807, 2.05) is 24.3 Å². The lowest BCUT2D eigenvalue weighted by Gasteiger charge is -2.11. The molecule has 3 heteroatoms. The molecule has 1 aliphatic carbocycles. The summed E-state index contributed by atoms with van der Waals surface area (Å²) in [6.45, 7) is 0.631. The summed E-state index contributed by atoms with van der Waals surface area (Å²) in [7, 11) is 0. The van der Waals surface area contributed by atoms with Crippen molar-refractivity contribution in [3.8, 4) is 0 Å². The molecule has 0 aliphatic heterocycles. The predicted molar refractivity (Wildman–Crippen MR) is 66.9 cm³/mol. The first-order valence-corrected chi connectivity index (χ1v) is 6.29. The van der Waals surface area contributed by atoms with Gasteiger partial charge < -0.3 is 10.5 Å². The fourth-order valence-electron chi connectivity index (χ4n) is 2.20. The zero-order chi connectivity index (χ0) is 12.1. The molecule has 0 radical (unpaired) electrons. The molecule has 1 aromatic rings. The number of hydrogen-bond acceptors (Lipinski definition) is 3. The van der Waals surface area contributed by atoms with Gasteiger partial charge in [0.2, 0.25) is 0 Å². The summed E-state index contributed by atoms with van der Waals surface area (Å²) < 4.78 is 5.43. The maximum Gasteiger partial charge on any atom is 0.338 e. The maximum absolute atomic E-state index is 11.8. The van der Waals surface area contributed by atoms with E-state index in [1.165, 1.54) is 12.8 Å². The summed E-state index contributed by atoms with van der Waals surface area (Å²) in [5.74, 6) is -0.198. The van der Waals surface area contributed by atoms with Crippen molar-refractivity contribution in [2.45, 2.75) is 38.2 Å². The molecule has 3 nitrogen and oxygen atoms in total. The molecular formula is C14H19NO2. The molecule has 0 atom stereocenters. The third-order valence-corrected chi connectivity index (χ3v) is 3.20. The smallest absolute Gasteiger partial charge is 0.338 e. The summed E-state index contributed by atoms with van der Waals surface area (Å²) >= 11 is 0. The van der Waals surface area contributed by atoms with Crippen LogP contribution >= 0.6 is 0 Å². The third-order valence-electron chi connectivity index (χ3n) is 3.20. The van der Waals surface area contributed by atoms with Crippen LogP contribution in [0.1, 0.15) is 41.6 Å². The van der Waals surface area contributed by atoms with E-state index >= 15 is 0 Å². The molecule has 92 valence electrons. The minimum atomic E-state index is -0.198. The number of benzene rings is 1. The largest absolute Gasteiger partial charge is 0.459 e. The third kappa shape index (κ3) is 3.30. The lowest BCUT2D eigenvalue weighted by Crippen LogP contribution is -2.14. The number of carbonyl (C=O) groups excluding carboxylic acids is 1. The van der Waals surface area contributed by atoms with E-state index in [2.05, 4.69) is 0 Å². The van der Waals surface area contributed by atoms with Crippen molar-refractivity contribution in [3.63, 3.8) is 0 Å². The minimum absolute atomic E-state index is 0.131. The van der Waals surface area contributed by atoms with Gasteiger partial charge in [-0.05, 0) is 56.3 Å². The maximum atomic E-state index is 11.8. The Morgan fingerprint density at radius 3 is 2.47 bits per heavy atom. The van der Waals surface area contributed by atoms with Crippen LogP contribution in [-0.4, -0.2) is 18.6 Å². The fourth-order valence-corrected chi connectivity index (χ4v) is 2.20. The van der Waals surface area contributed by atoms with Crippen molar-refractivity contribution >= 4 is 5.97 Å². The zero-order valence-corrected chi connectivity index (χ0v) is 10.0. The minimum Gasteiger partial charge on any atom is -0.459 e. The van der Waals surface area contributed by atoms with Gasteiger partial charge in [0.1, 0.15) is 6.10 Å². The number of nitrogens with two attached hydrogens (primary N) is 1. The number of hydrogen-bond donors (Lipinski definition) is 1. The average molecular weight is 233 g/mol. The highest BCUT2D eigenvalue weighted by Gasteiger charge is 2.19. The highest BCUT2D eigenvalue weighted by Crippen LogP contribution is 2.22. The standard InChI is InChI=1S/C14H19NO2/c15-10-9-11-5-7-12(8-6-11)14(16)17-13-3-1-2-4-13/h5-8,13H,1-4,9-10,15H2. The molecule has 17 heavy (non-hydrogen) atoms. The van der Waals surface area contributed by atoms with Gasteiger partial charge in [-0.15, -0.1) is 0 Å². The SMILES string of the molecule is NCCc1ccc(C(=O)OC2CCCC2)cc1. The van der Waals surface area contributed by atoms with Gasteiger partial charge in [0, 0.05) is 0 Å². The van der Waals surface area contributed by atoms with Crippen molar-refractivity contribution in [1.82, 2.24) is 0 Å². The second-order valence-corrected chi connectivity index (χ2v) is 4.55. The van der Waals surface area contributed by atoms with Gasteiger partial charge in [-0.25, -0.2) is 4.79 Å². The molecule has 0 amide bonds. The Labute approximate surface area is 102 Å². The zero-order valence-electron chi connectivity index (χ0n) is 10.0. The first-order chi connectivity index (χ1) is 8.29. The van der Waals surface area contributed by atoms with Crippen LogP contribution in [0.25, 0.3) is 0 Å². The Morgan fingerprint density at radius 2 is 1.88 bits per heavy atom. The second kappa shape index (κ2) is 5.82. The summed E-state index contributed by atoms with van der Waals surface area (Å²) in [4.78, 5) is 11.8. The lowest BCUT2D eigenvalue weighted by molar-refractivity contribution is 0.0318. The van der Waals surface area contributed by atoms with Crippen LogP contribution in [-0.2, 0) is 11.2 Å². The average Bonchev–Trinajstić information content (AvgIpc) is 2.83. The molecule has 2 N–H and O–H groups in total. The van der Waals surface area contributed by atoms with Gasteiger partial charge in [0.05, 0.1) is 5.56 Å². The predicted octanol–water partition coefficient (Wildman–Crippen LogP) is 2.29. The first-order valence-electron chi connectivity index (χ1n) is 6.29. The number of ether oxygens (including phenoxy) is 1. The van der Waals surface area contributed by atoms with Crippen LogP contribution in [0.4, 0.5) is 0 Å². The molecular weight excluding hydrogens is 214 g/mol. The van der Waals surface area contributed by atoms with Crippen LogP contribution in [0.2, 0.25) is 0 Å². The van der Waals surface area contributed by atoms with Crippen LogP contribution in [0, 0.1) is 0 Å². The summed E-state index contributed by atoms with van der Waals surface area (Å²) in [6, 6.07) is 7.53. The van der Waals surface area contributed by atoms with E-state index in [9.17, 15) is 4.79 Å². The van der Waals surface area contributed by atoms with Gasteiger partial charge in [-0.3, -0.25) is 0 Å². The molecule has 1 saturated carbocycles. The van der Waals surface area contributed by atoms with Crippen molar-refractivity contribution < 1.29 is 9.53 Å². The quantitative estimate of drug-likeness (QED) is 0.812. The molecule has 1 aromatic carbocycles. The van der Waals surface area contributed by atoms with Crippen LogP contribution in [0.15, 0.2) is 24.3 Å². The molecule has 0 spiro atoms. The van der Waals surface area contributed by atoms with Gasteiger partial charge in [-0.2, -0.15) is 0 Å². The van der Waals surface area contributed by atoms with Gasteiger partial charge >= 0.3 is 5.97 Å². The van der Waals surface area contributed by atoms with Crippen LogP contribution in [0.5, 0.6) is 0 Å². The van der Waals surface area contributed by atoms with Crippen molar-refractivity contribution in [1.29, 1.82) is 0 Å². The Kier molecular flexibility index (Phi) is 4.15. The van der Waals surface area contributed by atoms with Gasteiger partial charge in [0.15, 0.2) is 0 Å². The monoisotopic (exact) mass is 233 g/mol. The summed E-state index contributed by atoms with van der Waals surface area (Å²) in [5, 5.41) is 0. The number of esters is 1. The Morgan fingerprint density at radius 1 is 1.24 bits per heavy atom. The Hall–Kier alpha value is -1.35. The molecule has 0 heterocycles. The molecule has 0 unspecified atom stereocenters. The van der Waals surface area contributed by atoms with E-state index in [0.717, 1.165) is 24.8 Å². The van der Waals surface area contributed by atoms with E-state index < -0.39 is 0 Å². The van der Waals surface area contributed by atoms with Gasteiger partial charge in [0.25, 0.3) is 0 Å². The Bertz CT molecular complexity index is 366. The molecule has 0 saturated heterocycles. The molecule has 2 rings (SSSR count). The van der Waals surface area contributed by atoms with Crippen LogP contribution in [0.3, 0.4) is 0 Å². The summed E-state index contributed by atoms with van der Waals surface area (Å²) in [6.07, 6.45) is 5.35. The number of rotatable bonds is 4. The fraction of sp³-hybridized carbons (Fsp3) is 0.500. The van der Waals surface area contributed by atoms with Crippen molar-refractivity contribution in [2.75, 3.05) is 6.54 Å². The molecule has 0 bridgehead atoms. The lowest BCUT2D eigenvalue weighted by atomic mass is 10.1. The van der Waals surface area contributed by atoms with E-state index in [1.54, 1.807) is 0 Å². The first kappa shape index (κ1) is 12.1. The highest BCUT2D eigenvalue weighted by atomic mass is 16.5. The molecule has 1 aliphatic rings. The summed E-state index contributed by atoms with van der Waals surface area (Å²) in [5.41, 5.74) is 7.27. The number of carbonyl (C=O) groups is 1. The van der Waals surface area contributed by atoms with Crippen molar-refractivity contribution in [2.24, 2.45) is 5.73 Å².